The van der Waals surface area contributed by atoms with E-state index >= 15 is 0 Å². The number of aryl methyl sites for hydroxylation is 2. The molecule has 0 radical (unpaired) electrons. The fraction of sp³-hybridized carbons (Fsp3) is 0.310. The highest BCUT2D eigenvalue weighted by Gasteiger charge is 2.55. The molecule has 2 fully saturated rings. The number of carbonyl (C=O) groups is 2. The van der Waals surface area contributed by atoms with Gasteiger partial charge >= 0.3 is 5.97 Å². The third kappa shape index (κ3) is 4.16. The summed E-state index contributed by atoms with van der Waals surface area (Å²) in [4.78, 5) is 24.2. The Labute approximate surface area is 208 Å². The Balaban J connectivity index is 1.09. The number of nitrogens with one attached hydrogen (secondary N) is 1. The lowest BCUT2D eigenvalue weighted by Crippen LogP contribution is -2.57. The molecule has 178 valence electrons. The minimum atomic E-state index is -0.684. The lowest BCUT2D eigenvalue weighted by atomic mass is 9.50. The van der Waals surface area contributed by atoms with Crippen LogP contribution < -0.4 is 5.32 Å². The molecule has 1 amide bonds. The van der Waals surface area contributed by atoms with Gasteiger partial charge in [0, 0.05) is 24.2 Å². The quantitative estimate of drug-likeness (QED) is 0.339. The Morgan fingerprint density at radius 2 is 1.69 bits per heavy atom. The lowest BCUT2D eigenvalue weighted by Gasteiger charge is -2.56. The molecule has 0 atom stereocenters. The number of aromatic nitrogens is 1. The van der Waals surface area contributed by atoms with Crippen molar-refractivity contribution < 1.29 is 14.7 Å². The van der Waals surface area contributed by atoms with Crippen molar-refractivity contribution in [1.29, 1.82) is 0 Å². The van der Waals surface area contributed by atoms with E-state index in [9.17, 15) is 9.59 Å². The number of benzene rings is 2. The highest BCUT2D eigenvalue weighted by Crippen LogP contribution is 2.58. The summed E-state index contributed by atoms with van der Waals surface area (Å²) >= 11 is 1.61. The standard InChI is InChI=1S/C29H28N2O3S/c32-27(30-23-16-29(17-23)14-22(15-29)28(33)34)24-18-35-25-11-13-31(26(24)25)12-10-19-6-8-21(9-7-19)20-4-2-1-3-5-20/h1-9,11,13,18,22-23H,10,12,14-17H2,(H,30,32)(H,33,34). The average Bonchev–Trinajstić information content (AvgIpc) is 3.41. The maximum absolute atomic E-state index is 13.1. The van der Waals surface area contributed by atoms with Gasteiger partial charge in [-0.2, -0.15) is 0 Å². The molecule has 1 spiro atoms. The van der Waals surface area contributed by atoms with E-state index in [4.69, 9.17) is 5.11 Å². The molecule has 0 saturated heterocycles. The zero-order chi connectivity index (χ0) is 24.0. The van der Waals surface area contributed by atoms with E-state index in [0.717, 1.165) is 54.4 Å². The highest BCUT2D eigenvalue weighted by atomic mass is 32.1. The molecule has 2 N–H and O–H groups in total. The van der Waals surface area contributed by atoms with Gasteiger partial charge < -0.3 is 15.0 Å². The van der Waals surface area contributed by atoms with Crippen LogP contribution in [0.2, 0.25) is 0 Å². The topological polar surface area (TPSA) is 71.3 Å². The van der Waals surface area contributed by atoms with E-state index < -0.39 is 5.97 Å². The number of hydrogen-bond donors (Lipinski definition) is 2. The Kier molecular flexibility index (Phi) is 5.49. The zero-order valence-electron chi connectivity index (χ0n) is 19.4. The van der Waals surface area contributed by atoms with E-state index in [1.807, 2.05) is 11.4 Å². The van der Waals surface area contributed by atoms with Crippen molar-refractivity contribution in [2.75, 3.05) is 0 Å². The van der Waals surface area contributed by atoms with E-state index in [0.29, 0.717) is 0 Å². The van der Waals surface area contributed by atoms with Crippen molar-refractivity contribution in [3.8, 4) is 11.1 Å². The lowest BCUT2D eigenvalue weighted by molar-refractivity contribution is -0.155. The molecule has 6 heteroatoms. The Hall–Kier alpha value is -3.38. The number of amides is 1. The van der Waals surface area contributed by atoms with E-state index in [1.54, 1.807) is 11.3 Å². The van der Waals surface area contributed by atoms with Crippen LogP contribution in [0.5, 0.6) is 0 Å². The van der Waals surface area contributed by atoms with Crippen LogP contribution in [0.15, 0.2) is 72.2 Å². The molecular weight excluding hydrogens is 456 g/mol. The molecule has 5 nitrogen and oxygen atoms in total. The van der Waals surface area contributed by atoms with Gasteiger partial charge in [-0.15, -0.1) is 11.3 Å². The summed E-state index contributed by atoms with van der Waals surface area (Å²) < 4.78 is 3.32. The smallest absolute Gasteiger partial charge is 0.306 e. The van der Waals surface area contributed by atoms with Crippen LogP contribution in [0.3, 0.4) is 0 Å². The van der Waals surface area contributed by atoms with Crippen molar-refractivity contribution in [2.45, 2.75) is 44.7 Å². The number of carboxylic acid groups (broad SMARTS) is 1. The number of carboxylic acids is 1. The van der Waals surface area contributed by atoms with Gasteiger partial charge in [0.05, 0.1) is 21.7 Å². The number of rotatable bonds is 7. The van der Waals surface area contributed by atoms with Crippen LogP contribution in [0.1, 0.15) is 41.6 Å². The summed E-state index contributed by atoms with van der Waals surface area (Å²) in [7, 11) is 0. The van der Waals surface area contributed by atoms with Crippen molar-refractivity contribution >= 4 is 33.4 Å². The highest BCUT2D eigenvalue weighted by molar-refractivity contribution is 7.17. The predicted molar refractivity (Wildman–Crippen MR) is 139 cm³/mol. The van der Waals surface area contributed by atoms with E-state index in [2.05, 4.69) is 70.7 Å². The molecule has 0 bridgehead atoms. The first kappa shape index (κ1) is 22.1. The normalized spacial score (nSPS) is 23.1. The van der Waals surface area contributed by atoms with E-state index in [-0.39, 0.29) is 23.3 Å². The number of carbonyl (C=O) groups excluding carboxylic acids is 1. The molecule has 2 aromatic heterocycles. The summed E-state index contributed by atoms with van der Waals surface area (Å²) in [6.45, 7) is 0.814. The second-order valence-electron chi connectivity index (χ2n) is 10.2. The first-order valence-corrected chi connectivity index (χ1v) is 13.1. The van der Waals surface area contributed by atoms with Gasteiger partial charge in [-0.3, -0.25) is 9.59 Å². The zero-order valence-corrected chi connectivity index (χ0v) is 20.3. The second kappa shape index (κ2) is 8.68. The fourth-order valence-corrected chi connectivity index (χ4v) is 6.89. The second-order valence-corrected chi connectivity index (χ2v) is 11.1. The third-order valence-electron chi connectivity index (χ3n) is 7.83. The third-order valence-corrected chi connectivity index (χ3v) is 8.77. The molecule has 4 aromatic rings. The van der Waals surface area contributed by atoms with Crippen LogP contribution in [0.4, 0.5) is 0 Å². The Bertz CT molecular complexity index is 1370. The summed E-state index contributed by atoms with van der Waals surface area (Å²) in [5.41, 5.74) is 5.61. The minimum Gasteiger partial charge on any atom is -0.481 e. The maximum atomic E-state index is 13.1. The van der Waals surface area contributed by atoms with Crippen LogP contribution in [0, 0.1) is 11.3 Å². The molecule has 2 aromatic carbocycles. The van der Waals surface area contributed by atoms with Crippen molar-refractivity contribution in [1.82, 2.24) is 9.88 Å². The van der Waals surface area contributed by atoms with Gasteiger partial charge in [0.1, 0.15) is 0 Å². The van der Waals surface area contributed by atoms with Crippen LogP contribution in [0.25, 0.3) is 21.3 Å². The van der Waals surface area contributed by atoms with Gasteiger partial charge in [-0.25, -0.2) is 0 Å². The van der Waals surface area contributed by atoms with Crippen LogP contribution in [-0.4, -0.2) is 27.6 Å². The average molecular weight is 485 g/mol. The van der Waals surface area contributed by atoms with E-state index in [1.165, 1.54) is 16.7 Å². The number of hydrogen-bond acceptors (Lipinski definition) is 3. The van der Waals surface area contributed by atoms with Gasteiger partial charge in [-0.05, 0) is 60.3 Å². The molecule has 2 aliphatic rings. The molecule has 6 rings (SSSR count). The first-order valence-electron chi connectivity index (χ1n) is 12.2. The first-order chi connectivity index (χ1) is 17.0. The number of aliphatic carboxylic acids is 1. The summed E-state index contributed by atoms with van der Waals surface area (Å²) in [5, 5.41) is 14.3. The van der Waals surface area contributed by atoms with Crippen LogP contribution >= 0.6 is 11.3 Å². The van der Waals surface area contributed by atoms with Gasteiger partial charge in [0.25, 0.3) is 5.91 Å². The molecule has 0 aliphatic heterocycles. The fourth-order valence-electron chi connectivity index (χ4n) is 5.95. The molecule has 2 saturated carbocycles. The van der Waals surface area contributed by atoms with Crippen molar-refractivity contribution in [2.24, 2.45) is 11.3 Å². The monoisotopic (exact) mass is 484 g/mol. The predicted octanol–water partition coefficient (Wildman–Crippen LogP) is 5.99. The minimum absolute atomic E-state index is 0.0163. The molecule has 0 unspecified atom stereocenters. The van der Waals surface area contributed by atoms with Gasteiger partial charge in [0.15, 0.2) is 0 Å². The largest absolute Gasteiger partial charge is 0.481 e. The maximum Gasteiger partial charge on any atom is 0.306 e. The molecule has 2 aliphatic carbocycles. The molecule has 35 heavy (non-hydrogen) atoms. The van der Waals surface area contributed by atoms with Crippen molar-refractivity contribution in [3.05, 3.63) is 83.4 Å². The summed E-state index contributed by atoms with van der Waals surface area (Å²) in [6, 6.07) is 21.3. The van der Waals surface area contributed by atoms with Gasteiger partial charge in [-0.1, -0.05) is 54.6 Å². The van der Waals surface area contributed by atoms with Gasteiger partial charge in [0.2, 0.25) is 0 Å². The summed E-state index contributed by atoms with van der Waals surface area (Å²) in [6.07, 6.45) is 6.28. The Morgan fingerprint density at radius 1 is 0.971 bits per heavy atom. The SMILES string of the molecule is O=C(NC1CC2(C1)CC(C(=O)O)C2)c1csc2ccn(CCc3ccc(-c4ccccc4)cc3)c12. The van der Waals surface area contributed by atoms with Crippen LogP contribution in [-0.2, 0) is 17.8 Å². The molecular formula is C29H28N2O3S. The number of fused-ring (bicyclic) bond motifs is 1. The number of thiophene rings is 1. The molecule has 2 heterocycles. The number of nitrogens with zero attached hydrogens (tertiary/aromatic N) is 1. The Morgan fingerprint density at radius 3 is 2.40 bits per heavy atom. The summed E-state index contributed by atoms with van der Waals surface area (Å²) in [5.74, 6) is -0.894. The van der Waals surface area contributed by atoms with Crippen molar-refractivity contribution in [3.63, 3.8) is 0 Å².